The average Bonchev–Trinajstić information content (AvgIpc) is 3.98. The second-order valence-electron chi connectivity index (χ2n) is 13.7. The maximum atomic E-state index is 13.6. The summed E-state index contributed by atoms with van der Waals surface area (Å²) < 4.78 is 9.47. The Morgan fingerprint density at radius 2 is 1.45 bits per heavy atom. The van der Waals surface area contributed by atoms with Crippen LogP contribution in [0.5, 0.6) is 0 Å². The van der Waals surface area contributed by atoms with Crippen LogP contribution in [-0.4, -0.2) is 98.1 Å². The minimum atomic E-state index is -0.866. The van der Waals surface area contributed by atoms with Crippen LogP contribution in [-0.2, 0) is 19.1 Å². The van der Waals surface area contributed by atoms with E-state index in [1.807, 2.05) is 52.0 Å². The van der Waals surface area contributed by atoms with Gasteiger partial charge in [0.2, 0.25) is 11.8 Å². The van der Waals surface area contributed by atoms with Gasteiger partial charge in [-0.1, -0.05) is 45.7 Å². The van der Waals surface area contributed by atoms with Gasteiger partial charge in [0.05, 0.1) is 44.4 Å². The molecular formula is C38H47N9O6. The van der Waals surface area contributed by atoms with Gasteiger partial charge in [-0.05, 0) is 73.0 Å². The topological polar surface area (TPSA) is 192 Å². The predicted molar refractivity (Wildman–Crippen MR) is 195 cm³/mol. The fourth-order valence-electron chi connectivity index (χ4n) is 6.78. The van der Waals surface area contributed by atoms with Crippen molar-refractivity contribution in [3.63, 3.8) is 0 Å². The van der Waals surface area contributed by atoms with Crippen LogP contribution in [0.4, 0.5) is 9.59 Å². The summed E-state index contributed by atoms with van der Waals surface area (Å²) in [5.41, 5.74) is 3.06. The molecule has 2 aromatic heterocycles. The van der Waals surface area contributed by atoms with Crippen LogP contribution in [0.2, 0.25) is 0 Å². The van der Waals surface area contributed by atoms with Crippen molar-refractivity contribution in [1.29, 1.82) is 0 Å². The molecule has 0 saturated carbocycles. The number of hydrogen-bond acceptors (Lipinski definition) is 9. The molecule has 0 spiro atoms. The van der Waals surface area contributed by atoms with Crippen molar-refractivity contribution >= 4 is 24.0 Å². The zero-order chi connectivity index (χ0) is 38.2. The van der Waals surface area contributed by atoms with Crippen LogP contribution in [0, 0.1) is 35.5 Å². The van der Waals surface area contributed by atoms with Gasteiger partial charge < -0.3 is 34.6 Å². The normalized spacial score (nSPS) is 17.8. The molecule has 2 saturated heterocycles. The van der Waals surface area contributed by atoms with E-state index in [2.05, 4.69) is 48.9 Å². The van der Waals surface area contributed by atoms with Crippen LogP contribution in [0.3, 0.4) is 0 Å². The molecule has 0 bridgehead atoms. The second kappa shape index (κ2) is 17.1. The maximum absolute atomic E-state index is 13.6. The SMILES string of the molecule is COC(=O)N[C@H](C(=O)N1CCC[C@H]1c1ncc(C#CC#Cc2ccc(-c3cnc([C@@H]4CCCN4C(=O)[C@H](C(C)C)N(N)C(=O)OC)[nH]3)cc2)[nH]1)C(C)C. The van der Waals surface area contributed by atoms with Crippen LogP contribution in [0.15, 0.2) is 36.7 Å². The highest BCUT2D eigenvalue weighted by atomic mass is 16.5. The lowest BCUT2D eigenvalue weighted by molar-refractivity contribution is -0.139. The molecule has 15 heteroatoms. The van der Waals surface area contributed by atoms with Gasteiger partial charge in [-0.2, -0.15) is 0 Å². The third kappa shape index (κ3) is 8.81. The average molecular weight is 726 g/mol. The van der Waals surface area contributed by atoms with Crippen molar-refractivity contribution in [3.8, 4) is 34.9 Å². The fraction of sp³-hybridized carbons (Fsp3) is 0.474. The molecule has 2 fully saturated rings. The van der Waals surface area contributed by atoms with Gasteiger partial charge >= 0.3 is 12.2 Å². The highest BCUT2D eigenvalue weighted by Gasteiger charge is 2.41. The van der Waals surface area contributed by atoms with Crippen molar-refractivity contribution in [2.45, 2.75) is 77.5 Å². The van der Waals surface area contributed by atoms with Crippen LogP contribution in [0.1, 0.15) is 88.4 Å². The molecule has 53 heavy (non-hydrogen) atoms. The Bertz CT molecular complexity index is 1910. The first-order valence-electron chi connectivity index (χ1n) is 17.7. The Hall–Kier alpha value is -5.80. The number of aromatic amines is 2. The Balaban J connectivity index is 1.21. The van der Waals surface area contributed by atoms with Gasteiger partial charge in [0, 0.05) is 18.7 Å². The molecule has 2 aliphatic rings. The first-order valence-corrected chi connectivity index (χ1v) is 17.7. The molecule has 5 rings (SSSR count). The van der Waals surface area contributed by atoms with Crippen LogP contribution >= 0.6 is 0 Å². The van der Waals surface area contributed by atoms with Gasteiger partial charge in [0.15, 0.2) is 0 Å². The third-order valence-electron chi connectivity index (χ3n) is 9.52. The fourth-order valence-corrected chi connectivity index (χ4v) is 6.78. The number of likely N-dealkylation sites (tertiary alicyclic amines) is 2. The monoisotopic (exact) mass is 725 g/mol. The number of nitrogens with one attached hydrogen (secondary N) is 3. The van der Waals surface area contributed by atoms with E-state index in [4.69, 9.17) is 15.3 Å². The van der Waals surface area contributed by atoms with Gasteiger partial charge in [-0.3, -0.25) is 9.59 Å². The van der Waals surface area contributed by atoms with Gasteiger partial charge in [0.1, 0.15) is 29.4 Å². The Kier molecular flexibility index (Phi) is 12.4. The second-order valence-corrected chi connectivity index (χ2v) is 13.7. The molecule has 280 valence electrons. The summed E-state index contributed by atoms with van der Waals surface area (Å²) in [7, 11) is 2.50. The third-order valence-corrected chi connectivity index (χ3v) is 9.52. The molecule has 0 unspecified atom stereocenters. The molecule has 0 radical (unpaired) electrons. The number of ether oxygens (including phenoxy) is 2. The maximum Gasteiger partial charge on any atom is 0.424 e. The first kappa shape index (κ1) is 38.4. The number of amides is 4. The number of nitrogens with two attached hydrogens (primary N) is 1. The number of carbonyl (C=O) groups excluding carboxylic acids is 4. The quantitative estimate of drug-likeness (QED) is 0.110. The Labute approximate surface area is 309 Å². The number of rotatable bonds is 9. The number of alkyl carbamates (subject to hydrolysis) is 1. The lowest BCUT2D eigenvalue weighted by Gasteiger charge is -2.33. The summed E-state index contributed by atoms with van der Waals surface area (Å²) in [5, 5.41) is 3.52. The van der Waals surface area contributed by atoms with E-state index in [9.17, 15) is 19.2 Å². The number of nitrogens with zero attached hydrogens (tertiary/aromatic N) is 5. The van der Waals surface area contributed by atoms with Crippen LogP contribution in [0.25, 0.3) is 11.3 Å². The zero-order valence-electron chi connectivity index (χ0n) is 30.9. The lowest BCUT2D eigenvalue weighted by atomic mass is 10.0. The highest BCUT2D eigenvalue weighted by Crippen LogP contribution is 2.34. The molecular weight excluding hydrogens is 678 g/mol. The number of imidazole rings is 2. The van der Waals surface area contributed by atoms with Crippen molar-refractivity contribution in [2.24, 2.45) is 17.7 Å². The predicted octanol–water partition coefficient (Wildman–Crippen LogP) is 3.88. The standard InChI is InChI=1S/C38H47N9O6/c1-23(2)31(44-37(50)52-5)35(48)45-19-9-13-29(45)33-40-21-27(42-33)12-8-7-11-25-15-17-26(18-16-25)28-22-41-34(43-28)30-14-10-20-46(30)36(49)32(24(3)4)47(39)38(51)53-6/h15-18,21-24,29-32H,9-10,13-14,19-20,39H2,1-6H3,(H,40,42)(H,41,43)(H,44,50)/t29-,30-,31-,32-/m0/s1. The highest BCUT2D eigenvalue weighted by molar-refractivity contribution is 5.87. The van der Waals surface area contributed by atoms with E-state index in [-0.39, 0.29) is 35.7 Å². The summed E-state index contributed by atoms with van der Waals surface area (Å²) in [5.74, 6) is 18.3. The summed E-state index contributed by atoms with van der Waals surface area (Å²) in [6.45, 7) is 8.53. The van der Waals surface area contributed by atoms with E-state index in [1.54, 1.807) is 22.2 Å². The minimum absolute atomic E-state index is 0.121. The van der Waals surface area contributed by atoms with E-state index in [1.165, 1.54) is 14.2 Å². The molecule has 1 aromatic carbocycles. The lowest BCUT2D eigenvalue weighted by Crippen LogP contribution is -2.56. The Morgan fingerprint density at radius 1 is 0.849 bits per heavy atom. The molecule has 4 atom stereocenters. The largest absolute Gasteiger partial charge is 0.453 e. The summed E-state index contributed by atoms with van der Waals surface area (Å²) in [6, 6.07) is 5.56. The number of aromatic nitrogens is 4. The molecule has 2 aliphatic heterocycles. The Morgan fingerprint density at radius 3 is 2.06 bits per heavy atom. The van der Waals surface area contributed by atoms with E-state index < -0.39 is 24.3 Å². The molecule has 4 heterocycles. The van der Waals surface area contributed by atoms with E-state index in [0.29, 0.717) is 30.4 Å². The number of hydrogen-bond donors (Lipinski definition) is 4. The first-order chi connectivity index (χ1) is 25.4. The minimum Gasteiger partial charge on any atom is -0.453 e. The molecule has 4 amide bonds. The van der Waals surface area contributed by atoms with Crippen molar-refractivity contribution in [3.05, 3.63) is 59.6 Å². The van der Waals surface area contributed by atoms with Crippen molar-refractivity contribution < 1.29 is 28.7 Å². The zero-order valence-corrected chi connectivity index (χ0v) is 30.9. The van der Waals surface area contributed by atoms with Gasteiger partial charge in [-0.25, -0.2) is 30.4 Å². The molecule has 3 aromatic rings. The van der Waals surface area contributed by atoms with Crippen molar-refractivity contribution in [1.82, 2.24) is 40.1 Å². The molecule has 15 nitrogen and oxygen atoms in total. The number of hydrazine groups is 1. The smallest absolute Gasteiger partial charge is 0.424 e. The number of methoxy groups -OCH3 is 2. The summed E-state index contributed by atoms with van der Waals surface area (Å²) in [6.07, 6.45) is 5.06. The number of carbonyl (C=O) groups is 4. The number of H-pyrrole nitrogens is 2. The molecule has 5 N–H and O–H groups in total. The number of benzene rings is 1. The van der Waals surface area contributed by atoms with Crippen molar-refractivity contribution in [2.75, 3.05) is 27.3 Å². The summed E-state index contributed by atoms with van der Waals surface area (Å²) in [4.78, 5) is 70.1. The molecule has 0 aliphatic carbocycles. The van der Waals surface area contributed by atoms with Gasteiger partial charge in [0.25, 0.3) is 0 Å². The van der Waals surface area contributed by atoms with Crippen LogP contribution < -0.4 is 11.2 Å². The van der Waals surface area contributed by atoms with E-state index in [0.717, 1.165) is 47.5 Å². The summed E-state index contributed by atoms with van der Waals surface area (Å²) >= 11 is 0. The van der Waals surface area contributed by atoms with E-state index >= 15 is 0 Å². The van der Waals surface area contributed by atoms with Gasteiger partial charge in [-0.15, -0.1) is 0 Å².